The summed E-state index contributed by atoms with van der Waals surface area (Å²) < 4.78 is 36.9. The lowest BCUT2D eigenvalue weighted by atomic mass is 10.1. The molecule has 1 aromatic rings. The minimum Gasteiger partial charge on any atom is -0.382 e. The number of anilines is 2. The van der Waals surface area contributed by atoms with Gasteiger partial charge in [-0.1, -0.05) is 20.3 Å². The van der Waals surface area contributed by atoms with Gasteiger partial charge in [-0.25, -0.2) is 9.97 Å². The molecular weight excluding hydrogens is 285 g/mol. The average molecular weight is 306 g/mol. The van der Waals surface area contributed by atoms with Gasteiger partial charge in [0.05, 0.1) is 6.54 Å². The molecule has 1 atom stereocenters. The van der Waals surface area contributed by atoms with Crippen LogP contribution in [0.3, 0.4) is 0 Å². The van der Waals surface area contributed by atoms with E-state index in [4.69, 9.17) is 5.11 Å². The van der Waals surface area contributed by atoms with Crippen molar-refractivity contribution in [3.05, 3.63) is 11.9 Å². The Hall–Kier alpha value is -1.57. The first-order valence-corrected chi connectivity index (χ1v) is 6.96. The van der Waals surface area contributed by atoms with Crippen molar-refractivity contribution in [1.29, 1.82) is 0 Å². The van der Waals surface area contributed by atoms with Crippen molar-refractivity contribution < 1.29 is 18.3 Å². The highest BCUT2D eigenvalue weighted by Gasteiger charge is 2.38. The van der Waals surface area contributed by atoms with E-state index < -0.39 is 18.8 Å². The Bertz CT molecular complexity index is 440. The second-order valence-corrected chi connectivity index (χ2v) is 4.66. The molecule has 0 fully saturated rings. The van der Waals surface area contributed by atoms with Crippen molar-refractivity contribution in [2.75, 3.05) is 23.7 Å². The van der Waals surface area contributed by atoms with Gasteiger partial charge >= 0.3 is 6.18 Å². The highest BCUT2D eigenvalue weighted by Crippen LogP contribution is 2.24. The van der Waals surface area contributed by atoms with E-state index in [0.29, 0.717) is 18.1 Å². The predicted octanol–water partition coefficient (Wildman–Crippen LogP) is 2.59. The summed E-state index contributed by atoms with van der Waals surface area (Å²) in [6, 6.07) is 0. The molecule has 0 bridgehead atoms. The van der Waals surface area contributed by atoms with Crippen molar-refractivity contribution in [3.63, 3.8) is 0 Å². The Labute approximate surface area is 122 Å². The molecular formula is C13H21F3N4O. The van der Waals surface area contributed by atoms with E-state index in [1.165, 1.54) is 6.33 Å². The maximum absolute atomic E-state index is 12.3. The number of aliphatic hydroxyl groups excluding tert-OH is 1. The molecule has 1 aromatic heterocycles. The zero-order chi connectivity index (χ0) is 15.9. The Morgan fingerprint density at radius 2 is 1.76 bits per heavy atom. The number of aliphatic hydroxyl groups is 1. The quantitative estimate of drug-likeness (QED) is 0.688. The van der Waals surface area contributed by atoms with Crippen molar-refractivity contribution in [2.45, 2.75) is 45.4 Å². The van der Waals surface area contributed by atoms with E-state index in [-0.39, 0.29) is 0 Å². The highest BCUT2D eigenvalue weighted by atomic mass is 19.4. The largest absolute Gasteiger partial charge is 0.416 e. The summed E-state index contributed by atoms with van der Waals surface area (Å²) in [6.07, 6.45) is -3.42. The van der Waals surface area contributed by atoms with Crippen molar-refractivity contribution in [1.82, 2.24) is 9.97 Å². The second kappa shape index (κ2) is 8.02. The number of hydrogen-bond acceptors (Lipinski definition) is 5. The van der Waals surface area contributed by atoms with Crippen LogP contribution in [0.1, 0.15) is 32.3 Å². The predicted molar refractivity (Wildman–Crippen MR) is 75.4 cm³/mol. The van der Waals surface area contributed by atoms with Crippen molar-refractivity contribution in [2.24, 2.45) is 0 Å². The molecule has 1 unspecified atom stereocenters. The summed E-state index contributed by atoms with van der Waals surface area (Å²) >= 11 is 0. The van der Waals surface area contributed by atoms with Gasteiger partial charge in [0.1, 0.15) is 18.0 Å². The molecule has 0 saturated heterocycles. The molecule has 1 heterocycles. The van der Waals surface area contributed by atoms with Gasteiger partial charge in [-0.2, -0.15) is 13.2 Å². The molecule has 1 rings (SSSR count). The Morgan fingerprint density at radius 1 is 1.14 bits per heavy atom. The van der Waals surface area contributed by atoms with Crippen molar-refractivity contribution in [3.8, 4) is 0 Å². The fourth-order valence-corrected chi connectivity index (χ4v) is 1.76. The van der Waals surface area contributed by atoms with Gasteiger partial charge in [0.25, 0.3) is 0 Å². The fraction of sp³-hybridized carbons (Fsp3) is 0.692. The smallest absolute Gasteiger partial charge is 0.382 e. The molecule has 0 aliphatic heterocycles. The van der Waals surface area contributed by atoms with E-state index in [2.05, 4.69) is 20.6 Å². The topological polar surface area (TPSA) is 70.1 Å². The zero-order valence-electron chi connectivity index (χ0n) is 12.2. The summed E-state index contributed by atoms with van der Waals surface area (Å²) in [7, 11) is 0. The van der Waals surface area contributed by atoms with Crippen LogP contribution >= 0.6 is 0 Å². The standard InChI is InChI=1S/C13H21F3N4O/c1-3-5-9-11(17-6-4-2)19-8-20-12(9)18-7-10(21)13(14,15)16/h8,10,21H,3-7H2,1-2H3,(H2,17,18,19,20). The minimum absolute atomic E-state index is 0.328. The van der Waals surface area contributed by atoms with Gasteiger partial charge in [-0.05, 0) is 12.8 Å². The van der Waals surface area contributed by atoms with Gasteiger partial charge in [-0.15, -0.1) is 0 Å². The Morgan fingerprint density at radius 3 is 2.29 bits per heavy atom. The van der Waals surface area contributed by atoms with Crippen LogP contribution in [0.15, 0.2) is 6.33 Å². The lowest BCUT2D eigenvalue weighted by molar-refractivity contribution is -0.198. The first-order valence-electron chi connectivity index (χ1n) is 6.96. The first kappa shape index (κ1) is 17.5. The molecule has 120 valence electrons. The number of hydrogen-bond donors (Lipinski definition) is 3. The van der Waals surface area contributed by atoms with Crippen LogP contribution in [-0.4, -0.2) is 40.4 Å². The molecule has 0 aromatic carbocycles. The lowest BCUT2D eigenvalue weighted by Gasteiger charge is -2.18. The molecule has 0 radical (unpaired) electrons. The Balaban J connectivity index is 2.85. The van der Waals surface area contributed by atoms with Crippen LogP contribution in [-0.2, 0) is 6.42 Å². The molecule has 0 amide bonds. The first-order chi connectivity index (χ1) is 9.90. The van der Waals surface area contributed by atoms with E-state index >= 15 is 0 Å². The maximum Gasteiger partial charge on any atom is 0.416 e. The van der Waals surface area contributed by atoms with Gasteiger partial charge in [0.2, 0.25) is 0 Å². The molecule has 8 heteroatoms. The molecule has 21 heavy (non-hydrogen) atoms. The van der Waals surface area contributed by atoms with Gasteiger partial charge < -0.3 is 15.7 Å². The lowest BCUT2D eigenvalue weighted by Crippen LogP contribution is -2.35. The van der Waals surface area contributed by atoms with Crippen LogP contribution in [0.5, 0.6) is 0 Å². The highest BCUT2D eigenvalue weighted by molar-refractivity contribution is 5.57. The minimum atomic E-state index is -4.64. The van der Waals surface area contributed by atoms with Crippen LogP contribution in [0.4, 0.5) is 24.8 Å². The summed E-state index contributed by atoms with van der Waals surface area (Å²) in [6.45, 7) is 4.06. The molecule has 3 N–H and O–H groups in total. The van der Waals surface area contributed by atoms with Crippen LogP contribution in [0.2, 0.25) is 0 Å². The summed E-state index contributed by atoms with van der Waals surface area (Å²) in [5.41, 5.74) is 0.739. The van der Waals surface area contributed by atoms with Gasteiger partial charge in [0.15, 0.2) is 6.10 Å². The Kier molecular flexibility index (Phi) is 6.67. The van der Waals surface area contributed by atoms with Crippen LogP contribution in [0.25, 0.3) is 0 Å². The summed E-state index contributed by atoms with van der Waals surface area (Å²) in [5.74, 6) is 0.950. The number of nitrogens with zero attached hydrogens (tertiary/aromatic N) is 2. The number of alkyl halides is 3. The third-order valence-corrected chi connectivity index (χ3v) is 2.83. The van der Waals surface area contributed by atoms with Crippen LogP contribution < -0.4 is 10.6 Å². The maximum atomic E-state index is 12.3. The van der Waals surface area contributed by atoms with Crippen molar-refractivity contribution >= 4 is 11.6 Å². The number of rotatable bonds is 8. The molecule has 0 aliphatic carbocycles. The normalized spacial score (nSPS) is 13.0. The second-order valence-electron chi connectivity index (χ2n) is 4.66. The fourth-order valence-electron chi connectivity index (χ4n) is 1.76. The third-order valence-electron chi connectivity index (χ3n) is 2.83. The zero-order valence-corrected chi connectivity index (χ0v) is 12.2. The van der Waals surface area contributed by atoms with Gasteiger partial charge in [0, 0.05) is 12.1 Å². The van der Waals surface area contributed by atoms with E-state index in [9.17, 15) is 13.2 Å². The third kappa shape index (κ3) is 5.37. The average Bonchev–Trinajstić information content (AvgIpc) is 2.43. The SMILES string of the molecule is CCCNc1ncnc(NCC(O)C(F)(F)F)c1CCC. The number of halogens is 3. The molecule has 0 aliphatic rings. The molecule has 5 nitrogen and oxygen atoms in total. The van der Waals surface area contributed by atoms with Crippen LogP contribution in [0, 0.1) is 0 Å². The number of aromatic nitrogens is 2. The summed E-state index contributed by atoms with van der Waals surface area (Å²) in [5, 5.41) is 14.7. The number of nitrogens with one attached hydrogen (secondary N) is 2. The van der Waals surface area contributed by atoms with E-state index in [1.54, 1.807) is 0 Å². The van der Waals surface area contributed by atoms with E-state index in [1.807, 2.05) is 13.8 Å². The van der Waals surface area contributed by atoms with Gasteiger partial charge in [-0.3, -0.25) is 0 Å². The van der Waals surface area contributed by atoms with E-state index in [0.717, 1.165) is 24.9 Å². The monoisotopic (exact) mass is 306 g/mol. The molecule has 0 spiro atoms. The summed E-state index contributed by atoms with van der Waals surface area (Å²) in [4.78, 5) is 8.10. The molecule has 0 saturated carbocycles.